The van der Waals surface area contributed by atoms with Gasteiger partial charge in [-0.05, 0) is 68.1 Å². The molecule has 0 radical (unpaired) electrons. The van der Waals surface area contributed by atoms with Crippen LogP contribution in [0.1, 0.15) is 58.3 Å². The summed E-state index contributed by atoms with van der Waals surface area (Å²) in [6.45, 7) is 2.47. The Labute approximate surface area is 127 Å². The number of carbonyl (C=O) groups is 1. The van der Waals surface area contributed by atoms with E-state index in [0.717, 1.165) is 25.2 Å². The normalized spacial score (nSPS) is 48.0. The highest BCUT2D eigenvalue weighted by Crippen LogP contribution is 2.64. The summed E-state index contributed by atoms with van der Waals surface area (Å²) in [5.74, 6) is 1.13. The summed E-state index contributed by atoms with van der Waals surface area (Å²) in [6, 6.07) is 0. The molecule has 0 aromatic rings. The van der Waals surface area contributed by atoms with Gasteiger partial charge in [0.1, 0.15) is 5.41 Å². The minimum Gasteiger partial charge on any atom is -0.480 e. The summed E-state index contributed by atoms with van der Waals surface area (Å²) in [5, 5.41) is 10.1. The van der Waals surface area contributed by atoms with Crippen LogP contribution in [-0.2, 0) is 4.79 Å². The van der Waals surface area contributed by atoms with E-state index in [9.17, 15) is 9.90 Å². The third-order valence-corrected chi connectivity index (χ3v) is 7.32. The molecular weight excluding hydrogens is 260 g/mol. The van der Waals surface area contributed by atoms with Gasteiger partial charge in [-0.1, -0.05) is 37.1 Å². The van der Waals surface area contributed by atoms with Crippen molar-refractivity contribution in [2.24, 2.45) is 28.6 Å². The molecule has 0 aromatic carbocycles. The second-order valence-corrected chi connectivity index (χ2v) is 8.04. The predicted molar refractivity (Wildman–Crippen MR) is 82.8 cm³/mol. The minimum atomic E-state index is -0.662. The van der Waals surface area contributed by atoms with Crippen LogP contribution in [0.3, 0.4) is 0 Å². The van der Waals surface area contributed by atoms with Crippen molar-refractivity contribution in [1.82, 2.24) is 0 Å². The lowest BCUT2D eigenvalue weighted by Gasteiger charge is -2.55. The van der Waals surface area contributed by atoms with Crippen molar-refractivity contribution in [2.45, 2.75) is 58.3 Å². The Bertz CT molecular complexity index is 532. The molecule has 0 spiro atoms. The van der Waals surface area contributed by atoms with E-state index in [1.165, 1.54) is 37.7 Å². The van der Waals surface area contributed by atoms with Gasteiger partial charge in [-0.15, -0.1) is 0 Å². The largest absolute Gasteiger partial charge is 0.480 e. The van der Waals surface area contributed by atoms with Gasteiger partial charge in [0.05, 0.1) is 0 Å². The molecule has 0 amide bonds. The first-order valence-electron chi connectivity index (χ1n) is 8.68. The maximum atomic E-state index is 12.2. The van der Waals surface area contributed by atoms with Gasteiger partial charge in [0.2, 0.25) is 0 Å². The fraction of sp³-hybridized carbons (Fsp3) is 0.737. The van der Waals surface area contributed by atoms with E-state index in [1.54, 1.807) is 0 Å². The Morgan fingerprint density at radius 2 is 2.10 bits per heavy atom. The number of hydrogen-bond acceptors (Lipinski definition) is 1. The van der Waals surface area contributed by atoms with Crippen LogP contribution in [-0.4, -0.2) is 11.1 Å². The quantitative estimate of drug-likeness (QED) is 0.717. The molecule has 0 bridgehead atoms. The Balaban J connectivity index is 1.77. The van der Waals surface area contributed by atoms with E-state index in [-0.39, 0.29) is 0 Å². The molecule has 3 saturated carbocycles. The van der Waals surface area contributed by atoms with Crippen LogP contribution < -0.4 is 0 Å². The van der Waals surface area contributed by atoms with E-state index in [0.29, 0.717) is 17.3 Å². The number of fused-ring (bicyclic) bond motifs is 5. The van der Waals surface area contributed by atoms with Gasteiger partial charge in [0, 0.05) is 0 Å². The Morgan fingerprint density at radius 1 is 1.24 bits per heavy atom. The Morgan fingerprint density at radius 3 is 2.90 bits per heavy atom. The third kappa shape index (κ3) is 1.68. The lowest BCUT2D eigenvalue weighted by atomic mass is 9.48. The third-order valence-electron chi connectivity index (χ3n) is 7.32. The zero-order valence-electron chi connectivity index (χ0n) is 13.0. The van der Waals surface area contributed by atoms with Crippen LogP contribution in [0.25, 0.3) is 0 Å². The molecule has 5 atom stereocenters. The van der Waals surface area contributed by atoms with Crippen molar-refractivity contribution in [3.8, 4) is 0 Å². The summed E-state index contributed by atoms with van der Waals surface area (Å²) < 4.78 is 0. The molecular formula is C19H26O2. The second kappa shape index (κ2) is 4.47. The number of hydrogen-bond donors (Lipinski definition) is 1. The number of allylic oxidation sites excluding steroid dienone is 2. The van der Waals surface area contributed by atoms with E-state index in [1.807, 2.05) is 0 Å². The number of aliphatic carboxylic acids is 1. The number of carboxylic acid groups (broad SMARTS) is 1. The maximum absolute atomic E-state index is 12.2. The van der Waals surface area contributed by atoms with Gasteiger partial charge in [-0.3, -0.25) is 4.79 Å². The van der Waals surface area contributed by atoms with Crippen molar-refractivity contribution in [3.05, 3.63) is 23.8 Å². The van der Waals surface area contributed by atoms with Gasteiger partial charge in [-0.2, -0.15) is 0 Å². The van der Waals surface area contributed by atoms with E-state index < -0.39 is 11.4 Å². The van der Waals surface area contributed by atoms with Crippen molar-refractivity contribution >= 4 is 5.97 Å². The van der Waals surface area contributed by atoms with Gasteiger partial charge < -0.3 is 5.11 Å². The first kappa shape index (κ1) is 13.6. The zero-order chi connectivity index (χ0) is 14.7. The SMILES string of the molecule is C[C@@]12CCC[C@H]1[C@@H]1CCC3=CCC=C[C@]3(C(=O)O)[C@H]1CC2. The van der Waals surface area contributed by atoms with Crippen LogP contribution in [0.4, 0.5) is 0 Å². The van der Waals surface area contributed by atoms with E-state index in [2.05, 4.69) is 25.2 Å². The monoisotopic (exact) mass is 286 g/mol. The lowest BCUT2D eigenvalue weighted by molar-refractivity contribution is -0.152. The fourth-order valence-corrected chi connectivity index (χ4v) is 6.35. The molecule has 4 rings (SSSR count). The summed E-state index contributed by atoms with van der Waals surface area (Å²) >= 11 is 0. The average Bonchev–Trinajstić information content (AvgIpc) is 2.88. The number of carboxylic acids is 1. The summed E-state index contributed by atoms with van der Waals surface area (Å²) in [5.41, 5.74) is 1.05. The van der Waals surface area contributed by atoms with Crippen LogP contribution in [0, 0.1) is 28.6 Å². The molecule has 0 aromatic heterocycles. The molecule has 0 saturated heterocycles. The van der Waals surface area contributed by atoms with Gasteiger partial charge in [0.15, 0.2) is 0 Å². The van der Waals surface area contributed by atoms with Crippen LogP contribution >= 0.6 is 0 Å². The van der Waals surface area contributed by atoms with Crippen molar-refractivity contribution in [2.75, 3.05) is 0 Å². The fourth-order valence-electron chi connectivity index (χ4n) is 6.35. The highest BCUT2D eigenvalue weighted by atomic mass is 16.4. The van der Waals surface area contributed by atoms with E-state index >= 15 is 0 Å². The second-order valence-electron chi connectivity index (χ2n) is 8.04. The molecule has 0 heterocycles. The molecule has 1 N–H and O–H groups in total. The lowest BCUT2D eigenvalue weighted by Crippen LogP contribution is -2.52. The van der Waals surface area contributed by atoms with Crippen molar-refractivity contribution < 1.29 is 9.90 Å². The van der Waals surface area contributed by atoms with Crippen LogP contribution in [0.15, 0.2) is 23.8 Å². The molecule has 0 aliphatic heterocycles. The molecule has 2 nitrogen and oxygen atoms in total. The molecule has 21 heavy (non-hydrogen) atoms. The first-order chi connectivity index (χ1) is 10.1. The average molecular weight is 286 g/mol. The Kier molecular flexibility index (Phi) is 2.90. The molecule has 2 heteroatoms. The standard InChI is InChI=1S/C19H26O2/c1-18-10-4-6-15(18)14-8-7-13-5-2-3-11-19(13,17(20)21)16(14)9-12-18/h3,5,11,14-16H,2,4,6-10,12H2,1H3,(H,20,21)/t14-,15-,16-,18-,19+/m0/s1. The van der Waals surface area contributed by atoms with Crippen molar-refractivity contribution in [1.29, 1.82) is 0 Å². The maximum Gasteiger partial charge on any atom is 0.317 e. The summed E-state index contributed by atoms with van der Waals surface area (Å²) in [4.78, 5) is 12.2. The smallest absolute Gasteiger partial charge is 0.317 e. The van der Waals surface area contributed by atoms with Gasteiger partial charge in [0.25, 0.3) is 0 Å². The van der Waals surface area contributed by atoms with Crippen molar-refractivity contribution in [3.63, 3.8) is 0 Å². The van der Waals surface area contributed by atoms with Crippen LogP contribution in [0.2, 0.25) is 0 Å². The molecule has 4 aliphatic rings. The van der Waals surface area contributed by atoms with E-state index in [4.69, 9.17) is 0 Å². The summed E-state index contributed by atoms with van der Waals surface area (Å²) in [6.07, 6.45) is 15.9. The van der Waals surface area contributed by atoms with Gasteiger partial charge >= 0.3 is 5.97 Å². The molecule has 4 aliphatic carbocycles. The topological polar surface area (TPSA) is 37.3 Å². The Hall–Kier alpha value is -1.05. The highest BCUT2D eigenvalue weighted by Gasteiger charge is 2.59. The molecule has 3 fully saturated rings. The zero-order valence-corrected chi connectivity index (χ0v) is 13.0. The van der Waals surface area contributed by atoms with Gasteiger partial charge in [-0.25, -0.2) is 0 Å². The molecule has 0 unspecified atom stereocenters. The predicted octanol–water partition coefficient (Wildman–Crippen LogP) is 4.57. The minimum absolute atomic E-state index is 0.336. The van der Waals surface area contributed by atoms with Crippen LogP contribution in [0.5, 0.6) is 0 Å². The highest BCUT2D eigenvalue weighted by molar-refractivity contribution is 5.82. The first-order valence-corrected chi connectivity index (χ1v) is 8.68. The summed E-state index contributed by atoms with van der Waals surface area (Å²) in [7, 11) is 0. The number of rotatable bonds is 1. The molecule has 114 valence electrons.